The van der Waals surface area contributed by atoms with Crippen molar-refractivity contribution in [2.75, 3.05) is 26.2 Å². The monoisotopic (exact) mass is 397 g/mol. The van der Waals surface area contributed by atoms with E-state index in [2.05, 4.69) is 34.0 Å². The summed E-state index contributed by atoms with van der Waals surface area (Å²) in [6.07, 6.45) is 7.21. The first-order chi connectivity index (χ1) is 14.0. The average molecular weight is 398 g/mol. The minimum atomic E-state index is 0.627. The number of ether oxygens (including phenoxy) is 1. The maximum Gasteiger partial charge on any atom is 0.233 e. The number of likely N-dealkylation sites (tertiary alicyclic amines) is 1. The molecule has 158 valence electrons. The minimum absolute atomic E-state index is 0.627. The molecule has 2 aliphatic rings. The van der Waals surface area contributed by atoms with Crippen molar-refractivity contribution in [3.05, 3.63) is 24.0 Å². The van der Waals surface area contributed by atoms with Crippen LogP contribution in [0, 0.1) is 30.6 Å². The molecule has 0 N–H and O–H groups in total. The van der Waals surface area contributed by atoms with Crippen LogP contribution in [0.5, 0.6) is 5.88 Å². The van der Waals surface area contributed by atoms with E-state index in [1.54, 1.807) is 4.68 Å². The van der Waals surface area contributed by atoms with Crippen molar-refractivity contribution in [1.29, 1.82) is 0 Å². The van der Waals surface area contributed by atoms with Crippen molar-refractivity contribution < 1.29 is 4.74 Å². The number of nitrogens with zero attached hydrogens (tertiary/aromatic N) is 5. The topological polar surface area (TPSA) is 56.1 Å². The summed E-state index contributed by atoms with van der Waals surface area (Å²) in [5, 5.41) is 13.0. The zero-order chi connectivity index (χ0) is 20.4. The molecular formula is C23H35N5O. The van der Waals surface area contributed by atoms with Gasteiger partial charge in [0.05, 0.1) is 18.0 Å². The molecule has 3 unspecified atom stereocenters. The van der Waals surface area contributed by atoms with E-state index in [0.717, 1.165) is 41.3 Å². The Labute approximate surface area is 174 Å². The summed E-state index contributed by atoms with van der Waals surface area (Å²) >= 11 is 0. The molecule has 6 heteroatoms. The van der Waals surface area contributed by atoms with Crippen LogP contribution in [0.4, 0.5) is 0 Å². The summed E-state index contributed by atoms with van der Waals surface area (Å²) in [6.45, 7) is 11.3. The van der Waals surface area contributed by atoms with E-state index in [0.29, 0.717) is 11.8 Å². The van der Waals surface area contributed by atoms with Crippen LogP contribution in [0.2, 0.25) is 0 Å². The Morgan fingerprint density at radius 1 is 1.17 bits per heavy atom. The van der Waals surface area contributed by atoms with Gasteiger partial charge in [-0.25, -0.2) is 0 Å². The molecule has 1 saturated heterocycles. The van der Waals surface area contributed by atoms with Crippen LogP contribution in [-0.4, -0.2) is 51.1 Å². The van der Waals surface area contributed by atoms with Gasteiger partial charge >= 0.3 is 0 Å². The van der Waals surface area contributed by atoms with Crippen molar-refractivity contribution in [3.63, 3.8) is 0 Å². The highest BCUT2D eigenvalue weighted by atomic mass is 16.5. The van der Waals surface area contributed by atoms with E-state index in [1.807, 2.05) is 32.3 Å². The summed E-state index contributed by atoms with van der Waals surface area (Å²) in [7, 11) is 1.92. The smallest absolute Gasteiger partial charge is 0.233 e. The van der Waals surface area contributed by atoms with Crippen LogP contribution < -0.4 is 4.74 Å². The van der Waals surface area contributed by atoms with E-state index in [1.165, 1.54) is 45.3 Å². The molecule has 0 aromatic carbocycles. The van der Waals surface area contributed by atoms with Crippen molar-refractivity contribution in [2.24, 2.45) is 30.7 Å². The van der Waals surface area contributed by atoms with Crippen LogP contribution in [0.25, 0.3) is 11.3 Å². The van der Waals surface area contributed by atoms with Gasteiger partial charge in [0.25, 0.3) is 0 Å². The second-order valence-electron chi connectivity index (χ2n) is 9.34. The quantitative estimate of drug-likeness (QED) is 0.675. The van der Waals surface area contributed by atoms with Gasteiger partial charge in [-0.2, -0.15) is 5.10 Å². The zero-order valence-corrected chi connectivity index (χ0v) is 18.3. The Hall–Kier alpha value is -1.95. The number of hydrogen-bond acceptors (Lipinski definition) is 5. The molecule has 2 fully saturated rings. The third kappa shape index (κ3) is 4.80. The fourth-order valence-corrected chi connectivity index (χ4v) is 5.43. The lowest BCUT2D eigenvalue weighted by molar-refractivity contribution is 0.212. The maximum absolute atomic E-state index is 6.00. The molecule has 1 aliphatic heterocycles. The van der Waals surface area contributed by atoms with Crippen LogP contribution in [0.3, 0.4) is 0 Å². The molecule has 0 radical (unpaired) electrons. The summed E-state index contributed by atoms with van der Waals surface area (Å²) < 4.78 is 7.80. The third-order valence-electron chi connectivity index (χ3n) is 6.67. The van der Waals surface area contributed by atoms with E-state index in [9.17, 15) is 0 Å². The van der Waals surface area contributed by atoms with Crippen molar-refractivity contribution in [3.8, 4) is 17.1 Å². The number of aryl methyl sites for hydroxylation is 2. The van der Waals surface area contributed by atoms with Crippen molar-refractivity contribution in [2.45, 2.75) is 46.5 Å². The second kappa shape index (κ2) is 8.82. The fraction of sp³-hybridized carbons (Fsp3) is 0.696. The molecule has 0 spiro atoms. The van der Waals surface area contributed by atoms with Crippen LogP contribution >= 0.6 is 0 Å². The first-order valence-corrected chi connectivity index (χ1v) is 11.2. The molecule has 4 rings (SSSR count). The SMILES string of the molecule is CCCC(C)CN1CC2CC(COc3ccc(-c4cn(C)nc4C)nn3)CC2C1. The van der Waals surface area contributed by atoms with E-state index in [-0.39, 0.29) is 0 Å². The summed E-state index contributed by atoms with van der Waals surface area (Å²) in [5.41, 5.74) is 2.83. The lowest BCUT2D eigenvalue weighted by atomic mass is 10.0. The number of hydrogen-bond donors (Lipinski definition) is 0. The Bertz CT molecular complexity index is 788. The minimum Gasteiger partial charge on any atom is -0.476 e. The van der Waals surface area contributed by atoms with Gasteiger partial charge in [-0.1, -0.05) is 20.3 Å². The van der Waals surface area contributed by atoms with Crippen LogP contribution in [0.1, 0.15) is 45.2 Å². The van der Waals surface area contributed by atoms with Gasteiger partial charge in [-0.15, -0.1) is 10.2 Å². The van der Waals surface area contributed by atoms with Gasteiger partial charge in [0, 0.05) is 44.5 Å². The van der Waals surface area contributed by atoms with Gasteiger partial charge in [0.15, 0.2) is 0 Å². The fourth-order valence-electron chi connectivity index (χ4n) is 5.43. The van der Waals surface area contributed by atoms with Gasteiger partial charge in [0.1, 0.15) is 0 Å². The highest BCUT2D eigenvalue weighted by molar-refractivity contribution is 5.60. The van der Waals surface area contributed by atoms with Crippen LogP contribution in [0.15, 0.2) is 18.3 Å². The van der Waals surface area contributed by atoms with Gasteiger partial charge in [-0.3, -0.25) is 4.68 Å². The predicted octanol–water partition coefficient (Wildman–Crippen LogP) is 3.96. The van der Waals surface area contributed by atoms with Gasteiger partial charge < -0.3 is 9.64 Å². The second-order valence-corrected chi connectivity index (χ2v) is 9.34. The molecule has 0 amide bonds. The lowest BCUT2D eigenvalue weighted by Gasteiger charge is -2.22. The zero-order valence-electron chi connectivity index (χ0n) is 18.3. The van der Waals surface area contributed by atoms with Crippen molar-refractivity contribution in [1.82, 2.24) is 24.9 Å². The molecule has 6 nitrogen and oxygen atoms in total. The summed E-state index contributed by atoms with van der Waals surface area (Å²) in [5.74, 6) is 3.83. The Morgan fingerprint density at radius 2 is 1.93 bits per heavy atom. The van der Waals surface area contributed by atoms with Crippen molar-refractivity contribution >= 4 is 0 Å². The third-order valence-corrected chi connectivity index (χ3v) is 6.67. The predicted molar refractivity (Wildman–Crippen MR) is 115 cm³/mol. The van der Waals surface area contributed by atoms with Gasteiger partial charge in [-0.05, 0) is 55.9 Å². The number of rotatable bonds is 8. The normalized spacial score (nSPS) is 25.3. The molecule has 2 aromatic rings. The van der Waals surface area contributed by atoms with E-state index in [4.69, 9.17) is 4.74 Å². The highest BCUT2D eigenvalue weighted by Crippen LogP contribution is 2.41. The summed E-state index contributed by atoms with van der Waals surface area (Å²) in [4.78, 5) is 2.71. The molecular weight excluding hydrogens is 362 g/mol. The molecule has 1 aliphatic carbocycles. The molecule has 1 saturated carbocycles. The molecule has 3 atom stereocenters. The number of aromatic nitrogens is 4. The van der Waals surface area contributed by atoms with Crippen LogP contribution in [-0.2, 0) is 7.05 Å². The number of fused-ring (bicyclic) bond motifs is 1. The Morgan fingerprint density at radius 3 is 2.52 bits per heavy atom. The average Bonchev–Trinajstić information content (AvgIpc) is 3.33. The molecule has 29 heavy (non-hydrogen) atoms. The maximum atomic E-state index is 6.00. The first kappa shape index (κ1) is 20.3. The molecule has 2 aromatic heterocycles. The highest BCUT2D eigenvalue weighted by Gasteiger charge is 2.41. The molecule has 3 heterocycles. The lowest BCUT2D eigenvalue weighted by Crippen LogP contribution is -2.28. The molecule has 0 bridgehead atoms. The van der Waals surface area contributed by atoms with Gasteiger partial charge in [0.2, 0.25) is 5.88 Å². The first-order valence-electron chi connectivity index (χ1n) is 11.2. The largest absolute Gasteiger partial charge is 0.476 e. The Kier molecular flexibility index (Phi) is 6.18. The van der Waals surface area contributed by atoms with E-state index >= 15 is 0 Å². The van der Waals surface area contributed by atoms with E-state index < -0.39 is 0 Å². The Balaban J connectivity index is 1.24. The summed E-state index contributed by atoms with van der Waals surface area (Å²) in [6, 6.07) is 3.91. The standard InChI is InChI=1S/C23H35N5O/c1-5-6-16(2)11-28-12-19-9-18(10-20(19)13-28)15-29-23-8-7-22(24-25-23)21-14-27(4)26-17(21)3/h7-8,14,16,18-20H,5-6,9-13,15H2,1-4H3.